The van der Waals surface area contributed by atoms with Crippen molar-refractivity contribution < 1.29 is 9.90 Å². The van der Waals surface area contributed by atoms with Crippen molar-refractivity contribution in [3.63, 3.8) is 0 Å². The number of nitrogens with one attached hydrogen (secondary N) is 1. The van der Waals surface area contributed by atoms with Crippen LogP contribution in [0.15, 0.2) is 64.3 Å². The Balaban J connectivity index is 0.000000672. The lowest BCUT2D eigenvalue weighted by molar-refractivity contribution is -0.118. The Morgan fingerprint density at radius 3 is 2.46 bits per heavy atom. The third-order valence-corrected chi connectivity index (χ3v) is 6.79. The van der Waals surface area contributed by atoms with Crippen LogP contribution in [0.1, 0.15) is 68.8 Å². The van der Waals surface area contributed by atoms with Crippen LogP contribution in [0.2, 0.25) is 0 Å². The molecule has 0 saturated heterocycles. The van der Waals surface area contributed by atoms with Gasteiger partial charge in [-0.05, 0) is 74.9 Å². The zero-order valence-electron chi connectivity index (χ0n) is 21.3. The Labute approximate surface area is 216 Å². The first-order valence-electron chi connectivity index (χ1n) is 12.1. The average molecular weight is 537 g/mol. The molecule has 1 aliphatic carbocycles. The van der Waals surface area contributed by atoms with Crippen LogP contribution < -0.4 is 5.32 Å². The molecule has 0 bridgehead atoms. The van der Waals surface area contributed by atoms with Crippen LogP contribution in [-0.2, 0) is 4.79 Å². The quantitative estimate of drug-likeness (QED) is 0.377. The number of Topliss-reactive ketones (excluding diaryl/α,β-unsaturated/α-hetero) is 1. The van der Waals surface area contributed by atoms with Crippen LogP contribution in [-0.4, -0.2) is 26.8 Å². The van der Waals surface area contributed by atoms with Crippen molar-refractivity contribution in [1.29, 1.82) is 0 Å². The molecule has 2 heterocycles. The molecule has 35 heavy (non-hydrogen) atoms. The summed E-state index contributed by atoms with van der Waals surface area (Å²) in [6.45, 7) is 11.9. The number of aliphatic hydroxyl groups is 1. The van der Waals surface area contributed by atoms with Crippen LogP contribution in [0, 0.1) is 19.3 Å². The lowest BCUT2D eigenvalue weighted by Gasteiger charge is -2.38. The number of carbonyl (C=O) groups is 1. The SMILES string of the molecule is CC(C)O.Cc1cccc(-n2nc(C)c3c2NC2=C(C(=O)CC(C)(C)C2)C3c2cccc(Br)c2)c1. The second-order valence-electron chi connectivity index (χ2n) is 10.6. The maximum absolute atomic E-state index is 13.4. The van der Waals surface area contributed by atoms with Crippen LogP contribution in [0.5, 0.6) is 0 Å². The molecule has 2 N–H and O–H groups in total. The summed E-state index contributed by atoms with van der Waals surface area (Å²) >= 11 is 3.62. The molecule has 5 rings (SSSR count). The summed E-state index contributed by atoms with van der Waals surface area (Å²) in [5.74, 6) is 1.08. The molecule has 184 valence electrons. The molecule has 1 aliphatic heterocycles. The monoisotopic (exact) mass is 535 g/mol. The van der Waals surface area contributed by atoms with E-state index in [2.05, 4.69) is 78.4 Å². The van der Waals surface area contributed by atoms with Crippen molar-refractivity contribution in [2.24, 2.45) is 5.41 Å². The van der Waals surface area contributed by atoms with Crippen molar-refractivity contribution in [3.05, 3.63) is 86.7 Å². The third-order valence-electron chi connectivity index (χ3n) is 6.30. The van der Waals surface area contributed by atoms with E-state index < -0.39 is 0 Å². The zero-order chi connectivity index (χ0) is 25.5. The first kappa shape index (κ1) is 25.4. The number of carbonyl (C=O) groups excluding carboxylic acids is 1. The lowest BCUT2D eigenvalue weighted by Crippen LogP contribution is -2.34. The number of aliphatic hydroxyl groups excluding tert-OH is 1. The molecule has 1 aromatic heterocycles. The summed E-state index contributed by atoms with van der Waals surface area (Å²) in [5.41, 5.74) is 7.23. The minimum absolute atomic E-state index is 0.0640. The van der Waals surface area contributed by atoms with E-state index in [1.807, 2.05) is 23.7 Å². The zero-order valence-corrected chi connectivity index (χ0v) is 22.9. The van der Waals surface area contributed by atoms with Gasteiger partial charge in [-0.25, -0.2) is 4.68 Å². The molecule has 0 amide bonds. The van der Waals surface area contributed by atoms with Gasteiger partial charge in [0.25, 0.3) is 0 Å². The normalized spacial score (nSPS) is 18.4. The van der Waals surface area contributed by atoms with Crippen LogP contribution in [0.3, 0.4) is 0 Å². The number of hydrogen-bond donors (Lipinski definition) is 2. The van der Waals surface area contributed by atoms with Gasteiger partial charge in [-0.2, -0.15) is 5.10 Å². The predicted octanol–water partition coefficient (Wildman–Crippen LogP) is 6.84. The third kappa shape index (κ3) is 5.29. The number of benzene rings is 2. The standard InChI is InChI=1S/C26H26BrN3O.C3H8O/c1-15-7-5-10-19(11-15)30-25-22(16(2)29-30)23(17-8-6-9-18(27)12-17)24-20(28-25)13-26(3,4)14-21(24)31;1-3(2)4/h5-12,23,28H,13-14H2,1-4H3;3-4H,1-2H3. The fourth-order valence-electron chi connectivity index (χ4n) is 5.04. The second-order valence-corrected chi connectivity index (χ2v) is 11.6. The number of ketones is 1. The minimum atomic E-state index is -0.167. The highest BCUT2D eigenvalue weighted by Gasteiger charge is 2.43. The Kier molecular flexibility index (Phi) is 7.07. The minimum Gasteiger partial charge on any atom is -0.394 e. The fourth-order valence-corrected chi connectivity index (χ4v) is 5.46. The molecule has 2 aliphatic rings. The Morgan fingerprint density at radius 2 is 1.80 bits per heavy atom. The summed E-state index contributed by atoms with van der Waals surface area (Å²) in [7, 11) is 0. The molecule has 2 aromatic carbocycles. The lowest BCUT2D eigenvalue weighted by atomic mass is 9.69. The van der Waals surface area contributed by atoms with Crippen molar-refractivity contribution in [2.75, 3.05) is 5.32 Å². The van der Waals surface area contributed by atoms with Gasteiger partial charge in [0.05, 0.1) is 11.4 Å². The number of nitrogens with zero attached hydrogens (tertiary/aromatic N) is 2. The van der Waals surface area contributed by atoms with Crippen molar-refractivity contribution in [2.45, 2.75) is 66.4 Å². The molecular formula is C29H34BrN3O2. The topological polar surface area (TPSA) is 67.2 Å². The molecular weight excluding hydrogens is 502 g/mol. The molecule has 0 fully saturated rings. The van der Waals surface area contributed by atoms with E-state index in [9.17, 15) is 4.79 Å². The highest BCUT2D eigenvalue weighted by atomic mass is 79.9. The molecule has 3 aromatic rings. The van der Waals surface area contributed by atoms with Gasteiger partial charge in [-0.1, -0.05) is 54.0 Å². The van der Waals surface area contributed by atoms with Crippen LogP contribution in [0.4, 0.5) is 5.82 Å². The van der Waals surface area contributed by atoms with E-state index >= 15 is 0 Å². The molecule has 0 radical (unpaired) electrons. The van der Waals surface area contributed by atoms with E-state index in [-0.39, 0.29) is 23.2 Å². The Hall–Kier alpha value is -2.70. The van der Waals surface area contributed by atoms with Gasteiger partial charge in [0.1, 0.15) is 5.82 Å². The van der Waals surface area contributed by atoms with Crippen LogP contribution >= 0.6 is 15.9 Å². The van der Waals surface area contributed by atoms with Gasteiger partial charge in [-0.3, -0.25) is 4.79 Å². The molecule has 5 nitrogen and oxygen atoms in total. The van der Waals surface area contributed by atoms with E-state index in [0.717, 1.165) is 50.5 Å². The van der Waals surface area contributed by atoms with Gasteiger partial charge in [-0.15, -0.1) is 0 Å². The first-order valence-corrected chi connectivity index (χ1v) is 12.9. The fraction of sp³-hybridized carbons (Fsp3) is 0.379. The van der Waals surface area contributed by atoms with Gasteiger partial charge >= 0.3 is 0 Å². The number of rotatable bonds is 2. The van der Waals surface area contributed by atoms with Crippen molar-refractivity contribution in [3.8, 4) is 5.69 Å². The van der Waals surface area contributed by atoms with Crippen molar-refractivity contribution >= 4 is 27.5 Å². The number of halogens is 1. The number of fused-ring (bicyclic) bond motifs is 1. The molecule has 1 atom stereocenters. The number of anilines is 1. The van der Waals surface area contributed by atoms with Gasteiger partial charge in [0, 0.05) is 39.7 Å². The average Bonchev–Trinajstić information content (AvgIpc) is 3.07. The van der Waals surface area contributed by atoms with E-state index in [4.69, 9.17) is 10.2 Å². The summed E-state index contributed by atoms with van der Waals surface area (Å²) < 4.78 is 3.01. The molecule has 6 heteroatoms. The Morgan fingerprint density at radius 1 is 1.11 bits per heavy atom. The largest absolute Gasteiger partial charge is 0.394 e. The number of aromatic nitrogens is 2. The summed E-state index contributed by atoms with van der Waals surface area (Å²) in [4.78, 5) is 13.4. The first-order chi connectivity index (χ1) is 16.5. The van der Waals surface area contributed by atoms with Gasteiger partial charge in [0.15, 0.2) is 5.78 Å². The maximum atomic E-state index is 13.4. The highest BCUT2D eigenvalue weighted by molar-refractivity contribution is 9.10. The molecule has 1 unspecified atom stereocenters. The van der Waals surface area contributed by atoms with Gasteiger partial charge in [0.2, 0.25) is 0 Å². The highest BCUT2D eigenvalue weighted by Crippen LogP contribution is 2.50. The number of allylic oxidation sites excluding steroid dienone is 2. The smallest absolute Gasteiger partial charge is 0.162 e. The van der Waals surface area contributed by atoms with E-state index in [0.29, 0.717) is 6.42 Å². The maximum Gasteiger partial charge on any atom is 0.162 e. The summed E-state index contributed by atoms with van der Waals surface area (Å²) in [5, 5.41) is 16.6. The Bertz CT molecular complexity index is 1300. The van der Waals surface area contributed by atoms with E-state index in [1.54, 1.807) is 13.8 Å². The summed E-state index contributed by atoms with van der Waals surface area (Å²) in [6, 6.07) is 16.7. The second kappa shape index (κ2) is 9.75. The predicted molar refractivity (Wildman–Crippen MR) is 145 cm³/mol. The van der Waals surface area contributed by atoms with Crippen LogP contribution in [0.25, 0.3) is 5.69 Å². The van der Waals surface area contributed by atoms with Crippen molar-refractivity contribution in [1.82, 2.24) is 9.78 Å². The number of hydrogen-bond acceptors (Lipinski definition) is 4. The van der Waals surface area contributed by atoms with Gasteiger partial charge < -0.3 is 10.4 Å². The summed E-state index contributed by atoms with van der Waals surface area (Å²) in [6.07, 6.45) is 1.24. The number of aryl methyl sites for hydroxylation is 2. The van der Waals surface area contributed by atoms with E-state index in [1.165, 1.54) is 5.56 Å². The molecule has 0 spiro atoms. The molecule has 0 saturated carbocycles.